The van der Waals surface area contributed by atoms with Gasteiger partial charge in [-0.2, -0.15) is 5.10 Å². The number of nitrogens with one attached hydrogen (secondary N) is 1. The minimum Gasteiger partial charge on any atom is -0.385 e. The number of benzene rings is 1. The molecule has 0 fully saturated rings. The largest absolute Gasteiger partial charge is 0.385 e. The lowest BCUT2D eigenvalue weighted by atomic mass is 10.2. The summed E-state index contributed by atoms with van der Waals surface area (Å²) in [6, 6.07) is 9.21. The van der Waals surface area contributed by atoms with Crippen LogP contribution in [0.3, 0.4) is 0 Å². The van der Waals surface area contributed by atoms with Crippen molar-refractivity contribution < 1.29 is 9.53 Å². The van der Waals surface area contributed by atoms with Gasteiger partial charge in [0.25, 0.3) is 5.91 Å². The van der Waals surface area contributed by atoms with E-state index in [1.165, 1.54) is 0 Å². The number of hydrogen-bond donors (Lipinski definition) is 1. The number of hydrogen-bond acceptors (Lipinski definition) is 3. The van der Waals surface area contributed by atoms with Gasteiger partial charge in [0.05, 0.1) is 5.69 Å². The summed E-state index contributed by atoms with van der Waals surface area (Å²) < 4.78 is 6.66. The summed E-state index contributed by atoms with van der Waals surface area (Å²) >= 11 is 0. The molecule has 1 heterocycles. The maximum atomic E-state index is 11.9. The van der Waals surface area contributed by atoms with Crippen molar-refractivity contribution in [1.82, 2.24) is 15.1 Å². The minimum atomic E-state index is -0.0786. The molecule has 0 atom stereocenters. The molecule has 1 aromatic carbocycles. The molecule has 0 aliphatic carbocycles. The van der Waals surface area contributed by atoms with Crippen LogP contribution in [0.25, 0.3) is 5.69 Å². The van der Waals surface area contributed by atoms with E-state index in [1.807, 2.05) is 30.5 Å². The highest BCUT2D eigenvalue weighted by Gasteiger charge is 2.06. The summed E-state index contributed by atoms with van der Waals surface area (Å²) in [6.07, 6.45) is 4.36. The first-order valence-corrected chi connectivity index (χ1v) is 6.18. The zero-order valence-corrected chi connectivity index (χ0v) is 10.9. The molecular formula is C14H17N3O2. The molecule has 0 aliphatic heterocycles. The number of methoxy groups -OCH3 is 1. The summed E-state index contributed by atoms with van der Waals surface area (Å²) in [6.45, 7) is 1.26. The Kier molecular flexibility index (Phi) is 4.69. The van der Waals surface area contributed by atoms with Gasteiger partial charge in [0.2, 0.25) is 0 Å². The van der Waals surface area contributed by atoms with E-state index in [2.05, 4.69) is 10.4 Å². The van der Waals surface area contributed by atoms with Crippen LogP contribution in [-0.4, -0.2) is 35.9 Å². The fraction of sp³-hybridized carbons (Fsp3) is 0.286. The Morgan fingerprint density at radius 1 is 1.42 bits per heavy atom. The molecule has 2 rings (SSSR count). The van der Waals surface area contributed by atoms with Crippen LogP contribution in [0.1, 0.15) is 16.8 Å². The molecule has 1 aromatic heterocycles. The molecule has 0 saturated heterocycles. The zero-order valence-electron chi connectivity index (χ0n) is 10.9. The first-order chi connectivity index (χ1) is 9.31. The third kappa shape index (κ3) is 3.66. The maximum Gasteiger partial charge on any atom is 0.251 e. The molecule has 100 valence electrons. The molecule has 19 heavy (non-hydrogen) atoms. The molecule has 5 heteroatoms. The number of rotatable bonds is 6. The van der Waals surface area contributed by atoms with Crippen molar-refractivity contribution in [3.05, 3.63) is 48.3 Å². The van der Waals surface area contributed by atoms with Crippen molar-refractivity contribution in [2.75, 3.05) is 20.3 Å². The molecule has 0 spiro atoms. The number of ether oxygens (including phenoxy) is 1. The minimum absolute atomic E-state index is 0.0786. The monoisotopic (exact) mass is 259 g/mol. The normalized spacial score (nSPS) is 10.4. The van der Waals surface area contributed by atoms with E-state index in [-0.39, 0.29) is 5.91 Å². The number of aromatic nitrogens is 2. The van der Waals surface area contributed by atoms with Crippen molar-refractivity contribution in [3.63, 3.8) is 0 Å². The number of nitrogens with zero attached hydrogens (tertiary/aromatic N) is 2. The van der Waals surface area contributed by atoms with Gasteiger partial charge >= 0.3 is 0 Å². The van der Waals surface area contributed by atoms with Crippen molar-refractivity contribution in [1.29, 1.82) is 0 Å². The lowest BCUT2D eigenvalue weighted by Gasteiger charge is -2.07. The molecule has 5 nitrogen and oxygen atoms in total. The van der Waals surface area contributed by atoms with Gasteiger partial charge in [-0.15, -0.1) is 0 Å². The van der Waals surface area contributed by atoms with E-state index in [1.54, 1.807) is 24.1 Å². The first kappa shape index (κ1) is 13.3. The van der Waals surface area contributed by atoms with E-state index in [9.17, 15) is 4.79 Å². The molecule has 0 bridgehead atoms. The highest BCUT2D eigenvalue weighted by molar-refractivity contribution is 5.94. The van der Waals surface area contributed by atoms with E-state index >= 15 is 0 Å². The van der Waals surface area contributed by atoms with Gasteiger partial charge < -0.3 is 10.1 Å². The zero-order chi connectivity index (χ0) is 13.5. The molecule has 1 amide bonds. The van der Waals surface area contributed by atoms with Crippen LogP contribution in [0.4, 0.5) is 0 Å². The van der Waals surface area contributed by atoms with E-state index in [0.29, 0.717) is 18.7 Å². The fourth-order valence-corrected chi connectivity index (χ4v) is 1.73. The third-order valence-corrected chi connectivity index (χ3v) is 2.69. The van der Waals surface area contributed by atoms with Crippen molar-refractivity contribution in [3.8, 4) is 5.69 Å². The summed E-state index contributed by atoms with van der Waals surface area (Å²) in [5.74, 6) is -0.0786. The first-order valence-electron chi connectivity index (χ1n) is 6.18. The van der Waals surface area contributed by atoms with E-state index < -0.39 is 0 Å². The van der Waals surface area contributed by atoms with Crippen LogP contribution in [0.5, 0.6) is 0 Å². The van der Waals surface area contributed by atoms with Crippen molar-refractivity contribution >= 4 is 5.91 Å². The summed E-state index contributed by atoms with van der Waals surface area (Å²) in [7, 11) is 1.65. The van der Waals surface area contributed by atoms with Crippen LogP contribution in [-0.2, 0) is 4.74 Å². The van der Waals surface area contributed by atoms with Gasteiger partial charge in [0, 0.05) is 38.2 Å². The highest BCUT2D eigenvalue weighted by atomic mass is 16.5. The van der Waals surface area contributed by atoms with Gasteiger partial charge in [0.1, 0.15) is 0 Å². The summed E-state index contributed by atoms with van der Waals surface area (Å²) in [4.78, 5) is 11.9. The Balaban J connectivity index is 2.00. The Morgan fingerprint density at radius 3 is 3.05 bits per heavy atom. The van der Waals surface area contributed by atoms with Crippen molar-refractivity contribution in [2.24, 2.45) is 0 Å². The summed E-state index contributed by atoms with van der Waals surface area (Å²) in [5.41, 5.74) is 1.50. The fourth-order valence-electron chi connectivity index (χ4n) is 1.73. The SMILES string of the molecule is COCCCNC(=O)c1cccc(-n2cccn2)c1. The Hall–Kier alpha value is -2.14. The van der Waals surface area contributed by atoms with Crippen LogP contribution < -0.4 is 5.32 Å². The van der Waals surface area contributed by atoms with Crippen molar-refractivity contribution in [2.45, 2.75) is 6.42 Å². The molecule has 0 saturated carbocycles. The Labute approximate surface area is 112 Å². The lowest BCUT2D eigenvalue weighted by Crippen LogP contribution is -2.25. The number of amides is 1. The van der Waals surface area contributed by atoms with Crippen LogP contribution >= 0.6 is 0 Å². The molecule has 1 N–H and O–H groups in total. The second-order valence-electron chi connectivity index (χ2n) is 4.10. The lowest BCUT2D eigenvalue weighted by molar-refractivity contribution is 0.0948. The average Bonchev–Trinajstić information content (AvgIpc) is 2.98. The molecule has 2 aromatic rings. The van der Waals surface area contributed by atoms with Crippen LogP contribution in [0.15, 0.2) is 42.7 Å². The number of carbonyl (C=O) groups is 1. The molecular weight excluding hydrogens is 242 g/mol. The quantitative estimate of drug-likeness (QED) is 0.802. The average molecular weight is 259 g/mol. The summed E-state index contributed by atoms with van der Waals surface area (Å²) in [5, 5.41) is 7.00. The van der Waals surface area contributed by atoms with E-state index in [4.69, 9.17) is 4.74 Å². The highest BCUT2D eigenvalue weighted by Crippen LogP contribution is 2.09. The maximum absolute atomic E-state index is 11.9. The molecule has 0 unspecified atom stereocenters. The molecule has 0 radical (unpaired) electrons. The second kappa shape index (κ2) is 6.70. The number of carbonyl (C=O) groups excluding carboxylic acids is 1. The second-order valence-corrected chi connectivity index (χ2v) is 4.10. The van der Waals surface area contributed by atoms with Crippen LogP contribution in [0, 0.1) is 0 Å². The molecule has 0 aliphatic rings. The van der Waals surface area contributed by atoms with Gasteiger partial charge in [-0.05, 0) is 30.7 Å². The third-order valence-electron chi connectivity index (χ3n) is 2.69. The van der Waals surface area contributed by atoms with Gasteiger partial charge in [0.15, 0.2) is 0 Å². The van der Waals surface area contributed by atoms with Crippen LogP contribution in [0.2, 0.25) is 0 Å². The topological polar surface area (TPSA) is 56.1 Å². The van der Waals surface area contributed by atoms with Gasteiger partial charge in [-0.1, -0.05) is 6.07 Å². The Bertz CT molecular complexity index is 523. The smallest absolute Gasteiger partial charge is 0.251 e. The van der Waals surface area contributed by atoms with Gasteiger partial charge in [-0.3, -0.25) is 4.79 Å². The van der Waals surface area contributed by atoms with E-state index in [0.717, 1.165) is 12.1 Å². The predicted octanol–water partition coefficient (Wildman–Crippen LogP) is 1.64. The standard InChI is InChI=1S/C14H17N3O2/c1-19-10-4-7-15-14(18)12-5-2-6-13(11-12)17-9-3-8-16-17/h2-3,5-6,8-9,11H,4,7,10H2,1H3,(H,15,18). The predicted molar refractivity (Wildman–Crippen MR) is 72.4 cm³/mol. The van der Waals surface area contributed by atoms with Gasteiger partial charge in [-0.25, -0.2) is 4.68 Å². The Morgan fingerprint density at radius 2 is 2.32 bits per heavy atom.